The Morgan fingerprint density at radius 1 is 1.13 bits per heavy atom. The quantitative estimate of drug-likeness (QED) is 0.416. The number of carboxylic acid groups (broad SMARTS) is 1. The topological polar surface area (TPSA) is 88.8 Å². The second-order valence-electron chi connectivity index (χ2n) is 6.63. The van der Waals surface area contributed by atoms with Crippen molar-refractivity contribution in [2.45, 2.75) is 0 Å². The maximum Gasteiger partial charge on any atom is 0.339 e. The van der Waals surface area contributed by atoms with Gasteiger partial charge in [-0.05, 0) is 47.9 Å². The van der Waals surface area contributed by atoms with E-state index in [0.29, 0.717) is 17.3 Å². The number of hydrogen-bond acceptors (Lipinski definition) is 6. The fourth-order valence-electron chi connectivity index (χ4n) is 3.32. The number of ether oxygens (including phenoxy) is 1. The van der Waals surface area contributed by atoms with Gasteiger partial charge in [-0.2, -0.15) is 0 Å². The Labute approximate surface area is 175 Å². The lowest BCUT2D eigenvalue weighted by atomic mass is 10.2. The molecule has 0 radical (unpaired) electrons. The van der Waals surface area contributed by atoms with Crippen LogP contribution >= 0.6 is 11.3 Å². The molecule has 148 valence electrons. The van der Waals surface area contributed by atoms with E-state index in [4.69, 9.17) is 4.74 Å². The molecular weight excluding hydrogens is 400 g/mol. The Bertz CT molecular complexity index is 1370. The summed E-state index contributed by atoms with van der Waals surface area (Å²) in [5, 5.41) is 18.4. The number of imidazole rings is 1. The molecule has 2 aromatic carbocycles. The molecule has 0 unspecified atom stereocenters. The summed E-state index contributed by atoms with van der Waals surface area (Å²) in [5.74, 6) is -0.178. The van der Waals surface area contributed by atoms with Gasteiger partial charge in [-0.15, -0.1) is 16.4 Å². The summed E-state index contributed by atoms with van der Waals surface area (Å²) in [6, 6.07) is 18.9. The summed E-state index contributed by atoms with van der Waals surface area (Å²) in [6.45, 7) is 0. The highest BCUT2D eigenvalue weighted by molar-refractivity contribution is 7.22. The summed E-state index contributed by atoms with van der Waals surface area (Å²) < 4.78 is 8.10. The Hall–Kier alpha value is -3.91. The van der Waals surface area contributed by atoms with E-state index in [9.17, 15) is 9.90 Å². The lowest BCUT2D eigenvalue weighted by molar-refractivity contribution is 0.0693. The van der Waals surface area contributed by atoms with Crippen molar-refractivity contribution in [2.75, 3.05) is 12.4 Å². The number of methoxy groups -OCH3 is 1. The number of hydrogen-bond donors (Lipinski definition) is 2. The molecule has 30 heavy (non-hydrogen) atoms. The molecular formula is C22H16N4O3S. The van der Waals surface area contributed by atoms with Crippen LogP contribution in [-0.2, 0) is 0 Å². The molecule has 3 aromatic heterocycles. The summed E-state index contributed by atoms with van der Waals surface area (Å²) in [5.41, 5.74) is 2.31. The van der Waals surface area contributed by atoms with E-state index in [0.717, 1.165) is 16.2 Å². The second-order valence-corrected chi connectivity index (χ2v) is 7.71. The van der Waals surface area contributed by atoms with Crippen LogP contribution < -0.4 is 10.1 Å². The number of fused-ring (bicyclic) bond motifs is 2. The van der Waals surface area contributed by atoms with Gasteiger partial charge < -0.3 is 15.2 Å². The molecule has 7 nitrogen and oxygen atoms in total. The maximum atomic E-state index is 11.5. The number of aromatic nitrogens is 3. The van der Waals surface area contributed by atoms with Crippen LogP contribution in [0.3, 0.4) is 0 Å². The molecule has 0 spiro atoms. The Morgan fingerprint density at radius 2 is 2.00 bits per heavy atom. The second kappa shape index (κ2) is 7.16. The molecule has 5 aromatic rings. The molecule has 0 amide bonds. The van der Waals surface area contributed by atoms with Gasteiger partial charge in [0.15, 0.2) is 11.5 Å². The molecule has 0 saturated heterocycles. The smallest absolute Gasteiger partial charge is 0.339 e. The van der Waals surface area contributed by atoms with Gasteiger partial charge >= 0.3 is 5.97 Å². The van der Waals surface area contributed by atoms with E-state index < -0.39 is 5.97 Å². The molecule has 0 bridgehead atoms. The van der Waals surface area contributed by atoms with E-state index in [1.807, 2.05) is 30.5 Å². The van der Waals surface area contributed by atoms with Crippen molar-refractivity contribution in [1.82, 2.24) is 14.6 Å². The number of thiophene rings is 1. The maximum absolute atomic E-state index is 11.5. The van der Waals surface area contributed by atoms with Crippen LogP contribution in [-0.4, -0.2) is 32.8 Å². The molecule has 8 heteroatoms. The Kier molecular flexibility index (Phi) is 4.33. The van der Waals surface area contributed by atoms with Crippen LogP contribution in [0.25, 0.3) is 26.3 Å². The van der Waals surface area contributed by atoms with E-state index in [1.54, 1.807) is 28.0 Å². The molecule has 5 rings (SSSR count). The van der Waals surface area contributed by atoms with Crippen molar-refractivity contribution < 1.29 is 14.6 Å². The van der Waals surface area contributed by atoms with Crippen molar-refractivity contribution in [1.29, 1.82) is 0 Å². The van der Waals surface area contributed by atoms with E-state index in [1.165, 1.54) is 23.3 Å². The van der Waals surface area contributed by atoms with E-state index in [2.05, 4.69) is 33.6 Å². The normalized spacial score (nSPS) is 11.1. The fourth-order valence-corrected chi connectivity index (χ4v) is 4.37. The first kappa shape index (κ1) is 18.1. The summed E-state index contributed by atoms with van der Waals surface area (Å²) >= 11 is 1.69. The van der Waals surface area contributed by atoms with Crippen molar-refractivity contribution in [2.24, 2.45) is 0 Å². The zero-order chi connectivity index (χ0) is 20.7. The molecule has 0 aliphatic heterocycles. The molecule has 0 saturated carbocycles. The minimum Gasteiger partial charge on any atom is -0.496 e. The first-order chi connectivity index (χ1) is 14.6. The molecule has 0 aliphatic rings. The number of carbonyl (C=O) groups is 1. The first-order valence-corrected chi connectivity index (χ1v) is 9.96. The average molecular weight is 416 g/mol. The van der Waals surface area contributed by atoms with Crippen LogP contribution in [0.4, 0.5) is 11.5 Å². The van der Waals surface area contributed by atoms with Crippen LogP contribution in [0.15, 0.2) is 66.9 Å². The van der Waals surface area contributed by atoms with E-state index >= 15 is 0 Å². The number of nitrogens with zero attached hydrogens (tertiary/aromatic N) is 3. The number of rotatable bonds is 5. The van der Waals surface area contributed by atoms with Crippen molar-refractivity contribution in [3.05, 3.63) is 72.4 Å². The SMILES string of the molecule is COc1ccc(Nc2ccc3ncc(-c4cc5ccccc5s4)n3n2)cc1C(=O)O. The predicted molar refractivity (Wildman–Crippen MR) is 117 cm³/mol. The summed E-state index contributed by atoms with van der Waals surface area (Å²) in [7, 11) is 1.44. The highest BCUT2D eigenvalue weighted by Crippen LogP contribution is 2.33. The lowest BCUT2D eigenvalue weighted by Crippen LogP contribution is -2.03. The molecule has 3 heterocycles. The average Bonchev–Trinajstić information content (AvgIpc) is 3.37. The van der Waals surface area contributed by atoms with Gasteiger partial charge in [-0.25, -0.2) is 14.3 Å². The molecule has 0 atom stereocenters. The number of benzene rings is 2. The molecule has 2 N–H and O–H groups in total. The number of nitrogens with one attached hydrogen (secondary N) is 1. The summed E-state index contributed by atoms with van der Waals surface area (Å²) in [4.78, 5) is 17.0. The van der Waals surface area contributed by atoms with Gasteiger partial charge in [0.1, 0.15) is 17.0 Å². The van der Waals surface area contributed by atoms with Gasteiger partial charge in [0.2, 0.25) is 0 Å². The van der Waals surface area contributed by atoms with Crippen LogP contribution in [0.2, 0.25) is 0 Å². The standard InChI is InChI=1S/C22H16N4O3S/c1-29-17-7-6-14(11-15(17)22(27)28)24-20-8-9-21-23-12-16(26(21)25-20)19-10-13-4-2-3-5-18(13)30-19/h2-12H,1H3,(H,24,25)(H,27,28). The lowest BCUT2D eigenvalue weighted by Gasteiger charge is -2.10. The van der Waals surface area contributed by atoms with Crippen LogP contribution in [0, 0.1) is 0 Å². The minimum atomic E-state index is -1.06. The minimum absolute atomic E-state index is 0.0807. The van der Waals surface area contributed by atoms with E-state index in [-0.39, 0.29) is 5.56 Å². The van der Waals surface area contributed by atoms with Gasteiger partial charge in [-0.3, -0.25) is 0 Å². The Morgan fingerprint density at radius 3 is 2.80 bits per heavy atom. The van der Waals surface area contributed by atoms with Crippen molar-refractivity contribution in [3.8, 4) is 16.3 Å². The number of anilines is 2. The number of aromatic carboxylic acids is 1. The third kappa shape index (κ3) is 3.13. The third-order valence-electron chi connectivity index (χ3n) is 4.74. The summed E-state index contributed by atoms with van der Waals surface area (Å²) in [6.07, 6.45) is 1.81. The fraction of sp³-hybridized carbons (Fsp3) is 0.0455. The van der Waals surface area contributed by atoms with Crippen LogP contribution in [0.5, 0.6) is 5.75 Å². The van der Waals surface area contributed by atoms with Crippen molar-refractivity contribution in [3.63, 3.8) is 0 Å². The highest BCUT2D eigenvalue weighted by Gasteiger charge is 2.14. The first-order valence-electron chi connectivity index (χ1n) is 9.14. The largest absolute Gasteiger partial charge is 0.496 e. The predicted octanol–water partition coefficient (Wildman–Crippen LogP) is 5.06. The van der Waals surface area contributed by atoms with Crippen LogP contribution in [0.1, 0.15) is 10.4 Å². The zero-order valence-electron chi connectivity index (χ0n) is 15.9. The van der Waals surface area contributed by atoms with Gasteiger partial charge in [-0.1, -0.05) is 18.2 Å². The monoisotopic (exact) mass is 416 g/mol. The van der Waals surface area contributed by atoms with Crippen molar-refractivity contribution >= 4 is 44.5 Å². The zero-order valence-corrected chi connectivity index (χ0v) is 16.7. The van der Waals surface area contributed by atoms with Gasteiger partial charge in [0.25, 0.3) is 0 Å². The third-order valence-corrected chi connectivity index (χ3v) is 5.88. The highest BCUT2D eigenvalue weighted by atomic mass is 32.1. The molecule has 0 aliphatic carbocycles. The molecule has 0 fully saturated rings. The van der Waals surface area contributed by atoms with Gasteiger partial charge in [0.05, 0.1) is 18.2 Å². The number of carboxylic acids is 1. The Balaban J connectivity index is 1.53. The van der Waals surface area contributed by atoms with Gasteiger partial charge in [0, 0.05) is 10.4 Å².